The molecule has 0 aromatic heterocycles. The van der Waals surface area contributed by atoms with Crippen LogP contribution in [0.5, 0.6) is 0 Å². The summed E-state index contributed by atoms with van der Waals surface area (Å²) in [6.45, 7) is -1.38. The molecule has 230 valence electrons. The maximum atomic E-state index is 12.8. The Morgan fingerprint density at radius 2 is 1.61 bits per heavy atom. The molecule has 1 aliphatic heterocycles. The number of carbonyl (C=O) groups is 7. The van der Waals surface area contributed by atoms with Crippen LogP contribution >= 0.6 is 0 Å². The first-order chi connectivity index (χ1) is 19.3. The highest BCUT2D eigenvalue weighted by atomic mass is 16.4. The van der Waals surface area contributed by atoms with Crippen LogP contribution in [0, 0.1) is 0 Å². The van der Waals surface area contributed by atoms with Crippen molar-refractivity contribution in [3.05, 3.63) is 0 Å². The minimum absolute atomic E-state index is 0.0282. The van der Waals surface area contributed by atoms with Gasteiger partial charge in [0.1, 0.15) is 24.2 Å². The molecule has 15 N–H and O–H groups in total. The topological polar surface area (TPSA) is 325 Å². The van der Waals surface area contributed by atoms with E-state index in [1.807, 2.05) is 0 Å². The predicted molar refractivity (Wildman–Crippen MR) is 137 cm³/mol. The number of aliphatic hydroxyl groups is 1. The average Bonchev–Trinajstić information content (AvgIpc) is 3.41. The summed E-state index contributed by atoms with van der Waals surface area (Å²) in [4.78, 5) is 88.7. The van der Waals surface area contributed by atoms with Gasteiger partial charge >= 0.3 is 17.9 Å². The van der Waals surface area contributed by atoms with Crippen molar-refractivity contribution in [3.63, 3.8) is 0 Å². The van der Waals surface area contributed by atoms with E-state index in [0.29, 0.717) is 19.4 Å². The van der Waals surface area contributed by atoms with Crippen LogP contribution in [0.2, 0.25) is 0 Å². The van der Waals surface area contributed by atoms with E-state index >= 15 is 0 Å². The predicted octanol–water partition coefficient (Wildman–Crippen LogP) is -8.52. The zero-order valence-electron chi connectivity index (χ0n) is 22.4. The summed E-state index contributed by atoms with van der Waals surface area (Å²) in [5.41, 5.74) is 14.0. The number of nitrogens with one attached hydrogen (secondary N) is 5. The Balaban J connectivity index is 2.82. The summed E-state index contributed by atoms with van der Waals surface area (Å²) in [7, 11) is 0. The van der Waals surface area contributed by atoms with Crippen molar-refractivity contribution in [2.75, 3.05) is 32.8 Å². The smallest absolute Gasteiger partial charge is 0.338 e. The summed E-state index contributed by atoms with van der Waals surface area (Å²) in [5, 5.41) is 37.1. The van der Waals surface area contributed by atoms with E-state index < -0.39 is 85.2 Å². The number of hydrogen-bond donors (Lipinski definition) is 11. The highest BCUT2D eigenvalue weighted by Crippen LogP contribution is 2.18. The molecule has 0 spiro atoms. The summed E-state index contributed by atoms with van der Waals surface area (Å²) in [6.07, 6.45) is 0.176. The number of hydrogen-bond acceptors (Lipinski definition) is 8. The van der Waals surface area contributed by atoms with E-state index in [2.05, 4.69) is 32.0 Å². The number of amides is 5. The number of nitrogens with zero attached hydrogens (tertiary/aromatic N) is 1. The van der Waals surface area contributed by atoms with Crippen LogP contribution in [0.3, 0.4) is 0 Å². The van der Waals surface area contributed by atoms with Gasteiger partial charge in [0, 0.05) is 6.54 Å². The normalized spacial score (nSPS) is 16.4. The van der Waals surface area contributed by atoms with Gasteiger partial charge in [-0.05, 0) is 25.7 Å². The lowest BCUT2D eigenvalue weighted by molar-refractivity contribution is -0.459. The van der Waals surface area contributed by atoms with Gasteiger partial charge in [-0.25, -0.2) is 4.79 Å². The van der Waals surface area contributed by atoms with E-state index in [1.54, 1.807) is 0 Å². The van der Waals surface area contributed by atoms with Gasteiger partial charge in [-0.15, -0.1) is 0 Å². The molecule has 0 aromatic carbocycles. The van der Waals surface area contributed by atoms with Crippen LogP contribution in [0.15, 0.2) is 0 Å². The first-order valence-corrected chi connectivity index (χ1v) is 12.7. The lowest BCUT2D eigenvalue weighted by atomic mass is 10.1. The fourth-order valence-corrected chi connectivity index (χ4v) is 3.94. The monoisotopic (exact) mass is 589 g/mol. The number of likely N-dealkylation sites (tertiary alicyclic amines) is 1. The minimum atomic E-state index is -1.71. The highest BCUT2D eigenvalue weighted by Gasteiger charge is 2.38. The molecule has 0 saturated carbocycles. The van der Waals surface area contributed by atoms with Gasteiger partial charge in [0.25, 0.3) is 5.91 Å². The number of aliphatic hydroxyl groups excluding tert-OH is 1. The van der Waals surface area contributed by atoms with E-state index in [4.69, 9.17) is 11.5 Å². The van der Waals surface area contributed by atoms with Gasteiger partial charge in [0.05, 0.1) is 26.1 Å². The molecule has 19 heteroatoms. The molecule has 0 aliphatic carbocycles. The van der Waals surface area contributed by atoms with Gasteiger partial charge in [0.15, 0.2) is 6.54 Å². The number of carbonyl (C=O) groups excluding carboxylic acids is 5. The first-order valence-electron chi connectivity index (χ1n) is 12.7. The lowest BCUT2D eigenvalue weighted by Crippen LogP contribution is -2.78. The molecule has 0 aromatic rings. The Bertz CT molecular complexity index is 1020. The molecular formula is C22H39N9O10+2. The third-order valence-electron chi connectivity index (χ3n) is 5.95. The molecule has 1 heterocycles. The van der Waals surface area contributed by atoms with Crippen LogP contribution in [0.25, 0.3) is 0 Å². The SMILES string of the molecule is NC(N)=[NH+]CCC[C@H](NC(=O)C[NH3+])C(=O)NCC(=O)N[C@@H](CC(=O)O)C(=O)N[C@@H](CO)C(=O)N1CCC[C@H]1C(=O)O. The molecule has 4 atom stereocenters. The molecule has 1 aliphatic rings. The van der Waals surface area contributed by atoms with Gasteiger partial charge < -0.3 is 47.2 Å². The first kappa shape index (κ1) is 34.5. The second-order valence-corrected chi connectivity index (χ2v) is 9.10. The van der Waals surface area contributed by atoms with Crippen molar-refractivity contribution in [2.24, 2.45) is 11.5 Å². The maximum Gasteiger partial charge on any atom is 0.338 e. The number of nitrogens with two attached hydrogens (primary N) is 2. The second-order valence-electron chi connectivity index (χ2n) is 9.10. The minimum Gasteiger partial charge on any atom is -0.481 e. The molecule has 0 radical (unpaired) electrons. The molecule has 1 fully saturated rings. The quantitative estimate of drug-likeness (QED) is 0.0428. The number of rotatable bonds is 17. The number of carboxylic acid groups (broad SMARTS) is 2. The molecular weight excluding hydrogens is 550 g/mol. The summed E-state index contributed by atoms with van der Waals surface area (Å²) < 4.78 is 0. The van der Waals surface area contributed by atoms with Crippen molar-refractivity contribution in [3.8, 4) is 0 Å². The van der Waals surface area contributed by atoms with Gasteiger partial charge in [-0.3, -0.25) is 45.2 Å². The number of aliphatic carboxylic acids is 2. The van der Waals surface area contributed by atoms with Crippen molar-refractivity contribution in [1.82, 2.24) is 26.2 Å². The Hall–Kier alpha value is -4.52. The highest BCUT2D eigenvalue weighted by molar-refractivity contribution is 5.96. The van der Waals surface area contributed by atoms with Gasteiger partial charge in [-0.2, -0.15) is 0 Å². The molecule has 1 saturated heterocycles. The maximum absolute atomic E-state index is 12.8. The molecule has 1 rings (SSSR count). The van der Waals surface area contributed by atoms with Crippen molar-refractivity contribution in [2.45, 2.75) is 56.3 Å². The van der Waals surface area contributed by atoms with Crippen LogP contribution in [-0.2, 0) is 33.6 Å². The zero-order valence-corrected chi connectivity index (χ0v) is 22.4. The Labute approximate surface area is 234 Å². The fourth-order valence-electron chi connectivity index (χ4n) is 3.94. The Morgan fingerprint density at radius 1 is 0.951 bits per heavy atom. The summed E-state index contributed by atoms with van der Waals surface area (Å²) in [5.74, 6) is -7.00. The number of quaternary nitrogens is 1. The Kier molecular flexibility index (Phi) is 14.5. The Morgan fingerprint density at radius 3 is 2.17 bits per heavy atom. The fraction of sp³-hybridized carbons (Fsp3) is 0.636. The van der Waals surface area contributed by atoms with Crippen LogP contribution in [0.1, 0.15) is 32.1 Å². The van der Waals surface area contributed by atoms with E-state index in [9.17, 15) is 48.9 Å². The molecule has 41 heavy (non-hydrogen) atoms. The summed E-state index contributed by atoms with van der Waals surface area (Å²) in [6, 6.07) is -5.48. The number of guanidine groups is 1. The van der Waals surface area contributed by atoms with E-state index in [1.165, 1.54) is 0 Å². The lowest BCUT2D eigenvalue weighted by Gasteiger charge is -2.27. The van der Waals surface area contributed by atoms with Crippen LogP contribution < -0.4 is 43.5 Å². The van der Waals surface area contributed by atoms with Gasteiger partial charge in [-0.1, -0.05) is 0 Å². The molecule has 0 bridgehead atoms. The largest absolute Gasteiger partial charge is 0.481 e. The second kappa shape index (κ2) is 17.2. The average molecular weight is 590 g/mol. The van der Waals surface area contributed by atoms with Crippen LogP contribution in [-0.4, -0.2) is 125 Å². The van der Waals surface area contributed by atoms with Crippen molar-refractivity contribution in [1.29, 1.82) is 0 Å². The standard InChI is InChI=1S/C22H37N9O10/c23-8-15(33)28-11(3-1-5-26-22(24)25)18(37)27-9-16(34)29-12(7-17(35)36)19(38)30-13(10-32)20(39)31-6-2-4-14(31)21(40)41/h11-14,32H,1-10,23H2,(H,27,37)(H,28,33)(H,29,34)(H,30,38)(H,35,36)(H,40,41)(H4,24,25,26)/p+2/t11-,12-,13-,14-/m0/s1. The van der Waals surface area contributed by atoms with E-state index in [0.717, 1.165) is 4.90 Å². The van der Waals surface area contributed by atoms with Gasteiger partial charge in [0.2, 0.25) is 23.6 Å². The molecule has 0 unspecified atom stereocenters. The van der Waals surface area contributed by atoms with Crippen molar-refractivity contribution < 1.29 is 59.6 Å². The summed E-state index contributed by atoms with van der Waals surface area (Å²) >= 11 is 0. The van der Waals surface area contributed by atoms with Crippen molar-refractivity contribution >= 4 is 47.4 Å². The van der Waals surface area contributed by atoms with E-state index in [-0.39, 0.29) is 31.9 Å². The molecule has 5 amide bonds. The van der Waals surface area contributed by atoms with Crippen LogP contribution in [0.4, 0.5) is 0 Å². The molecule has 19 nitrogen and oxygen atoms in total. The zero-order chi connectivity index (χ0) is 31.1. The number of carboxylic acids is 2. The third kappa shape index (κ3) is 12.0. The third-order valence-corrected chi connectivity index (χ3v) is 5.95.